The van der Waals surface area contributed by atoms with E-state index in [2.05, 4.69) is 17.0 Å². The van der Waals surface area contributed by atoms with Crippen LogP contribution < -0.4 is 5.73 Å². The zero-order valence-corrected chi connectivity index (χ0v) is 8.09. The maximum atomic E-state index is 5.61. The second-order valence-corrected chi connectivity index (χ2v) is 3.31. The van der Waals surface area contributed by atoms with Crippen LogP contribution in [0, 0.1) is 0 Å². The van der Waals surface area contributed by atoms with E-state index in [1.165, 1.54) is 5.56 Å². The van der Waals surface area contributed by atoms with Crippen molar-refractivity contribution in [1.29, 1.82) is 0 Å². The summed E-state index contributed by atoms with van der Waals surface area (Å²) in [7, 11) is 0. The smallest absolute Gasteiger partial charge is 0.206 e. The Hall–Kier alpha value is -1.71. The predicted octanol–water partition coefficient (Wildman–Crippen LogP) is 0.902. The largest absolute Gasteiger partial charge is 0.382 e. The second kappa shape index (κ2) is 3.57. The molecule has 0 aromatic carbocycles. The molecule has 1 aromatic heterocycles. The van der Waals surface area contributed by atoms with Crippen LogP contribution in [-0.2, 0) is 0 Å². The van der Waals surface area contributed by atoms with Crippen LogP contribution in [0.5, 0.6) is 0 Å². The SMILES string of the molecule is CC(c1ccncc1)[N+]1=CCC(N)=N1. The molecule has 4 nitrogen and oxygen atoms in total. The van der Waals surface area contributed by atoms with Crippen LogP contribution in [0.15, 0.2) is 29.6 Å². The number of pyridine rings is 1. The lowest BCUT2D eigenvalue weighted by molar-refractivity contribution is -0.567. The molecule has 0 saturated heterocycles. The van der Waals surface area contributed by atoms with E-state index in [4.69, 9.17) is 5.73 Å². The van der Waals surface area contributed by atoms with Crippen LogP contribution in [-0.4, -0.2) is 21.7 Å². The Morgan fingerprint density at radius 2 is 2.14 bits per heavy atom. The summed E-state index contributed by atoms with van der Waals surface area (Å²) in [5.74, 6) is 0.672. The Kier molecular flexibility index (Phi) is 2.26. The van der Waals surface area contributed by atoms with Gasteiger partial charge in [0, 0.05) is 30.0 Å². The lowest BCUT2D eigenvalue weighted by Gasteiger charge is -2.03. The highest BCUT2D eigenvalue weighted by Crippen LogP contribution is 2.16. The fourth-order valence-electron chi connectivity index (χ4n) is 1.46. The van der Waals surface area contributed by atoms with Crippen molar-refractivity contribution in [2.24, 2.45) is 10.8 Å². The van der Waals surface area contributed by atoms with Gasteiger partial charge in [0.2, 0.25) is 6.04 Å². The summed E-state index contributed by atoms with van der Waals surface area (Å²) in [4.78, 5) is 3.98. The fraction of sp³-hybridized carbons (Fsp3) is 0.300. The van der Waals surface area contributed by atoms with Crippen molar-refractivity contribution in [3.63, 3.8) is 0 Å². The van der Waals surface area contributed by atoms with Crippen molar-refractivity contribution in [2.75, 3.05) is 0 Å². The lowest BCUT2D eigenvalue weighted by atomic mass is 10.1. The number of amidine groups is 1. The molecule has 0 aliphatic carbocycles. The minimum atomic E-state index is 0.221. The number of aromatic nitrogens is 1. The summed E-state index contributed by atoms with van der Waals surface area (Å²) in [5, 5.41) is 4.22. The summed E-state index contributed by atoms with van der Waals surface area (Å²) in [5.41, 5.74) is 6.80. The van der Waals surface area contributed by atoms with Gasteiger partial charge in [0.05, 0.1) is 6.42 Å². The molecule has 0 bridgehead atoms. The van der Waals surface area contributed by atoms with Gasteiger partial charge in [0.25, 0.3) is 0 Å². The van der Waals surface area contributed by atoms with Gasteiger partial charge >= 0.3 is 0 Å². The maximum Gasteiger partial charge on any atom is 0.206 e. The molecule has 1 aromatic rings. The van der Waals surface area contributed by atoms with Crippen LogP contribution >= 0.6 is 0 Å². The summed E-state index contributed by atoms with van der Waals surface area (Å²) < 4.78 is 1.89. The van der Waals surface area contributed by atoms with E-state index >= 15 is 0 Å². The fourth-order valence-corrected chi connectivity index (χ4v) is 1.46. The van der Waals surface area contributed by atoms with Crippen molar-refractivity contribution in [1.82, 2.24) is 4.98 Å². The number of nitrogens with zero attached hydrogens (tertiary/aromatic N) is 3. The monoisotopic (exact) mass is 189 g/mol. The molecule has 0 radical (unpaired) electrons. The summed E-state index contributed by atoms with van der Waals surface area (Å²) >= 11 is 0. The molecule has 14 heavy (non-hydrogen) atoms. The van der Waals surface area contributed by atoms with Crippen molar-refractivity contribution in [3.05, 3.63) is 30.1 Å². The zero-order chi connectivity index (χ0) is 9.97. The van der Waals surface area contributed by atoms with Crippen LogP contribution in [0.4, 0.5) is 0 Å². The molecule has 0 fully saturated rings. The maximum absolute atomic E-state index is 5.61. The van der Waals surface area contributed by atoms with E-state index in [1.54, 1.807) is 12.4 Å². The Labute approximate surface area is 82.8 Å². The predicted molar refractivity (Wildman–Crippen MR) is 55.2 cm³/mol. The number of rotatable bonds is 2. The minimum Gasteiger partial charge on any atom is -0.382 e. The molecular weight excluding hydrogens is 176 g/mol. The minimum absolute atomic E-state index is 0.221. The van der Waals surface area contributed by atoms with Gasteiger partial charge in [-0.3, -0.25) is 4.98 Å². The molecule has 72 valence electrons. The molecule has 1 aliphatic heterocycles. The van der Waals surface area contributed by atoms with Crippen LogP contribution in [0.3, 0.4) is 0 Å². The van der Waals surface area contributed by atoms with Crippen molar-refractivity contribution in [3.8, 4) is 0 Å². The van der Waals surface area contributed by atoms with E-state index in [-0.39, 0.29) is 6.04 Å². The Balaban J connectivity index is 2.21. The number of hydrogen-bond donors (Lipinski definition) is 1. The molecule has 0 saturated carbocycles. The van der Waals surface area contributed by atoms with Gasteiger partial charge < -0.3 is 5.73 Å². The first-order valence-corrected chi connectivity index (χ1v) is 4.62. The molecule has 2 heterocycles. The first-order chi connectivity index (χ1) is 6.77. The molecule has 0 spiro atoms. The third-order valence-electron chi connectivity index (χ3n) is 2.32. The molecule has 2 rings (SSSR count). The third-order valence-corrected chi connectivity index (χ3v) is 2.32. The molecule has 1 unspecified atom stereocenters. The van der Waals surface area contributed by atoms with E-state index in [0.29, 0.717) is 5.84 Å². The zero-order valence-electron chi connectivity index (χ0n) is 8.09. The van der Waals surface area contributed by atoms with Crippen molar-refractivity contribution < 1.29 is 4.68 Å². The van der Waals surface area contributed by atoms with Gasteiger partial charge in [0.1, 0.15) is 0 Å². The summed E-state index contributed by atoms with van der Waals surface area (Å²) in [6.45, 7) is 2.09. The van der Waals surface area contributed by atoms with Gasteiger partial charge in [-0.1, -0.05) is 4.68 Å². The molecular formula is C10H13N4+. The first-order valence-electron chi connectivity index (χ1n) is 4.62. The topological polar surface area (TPSA) is 54.3 Å². The number of nitrogens with two attached hydrogens (primary N) is 1. The van der Waals surface area contributed by atoms with E-state index < -0.39 is 0 Å². The second-order valence-electron chi connectivity index (χ2n) is 3.31. The number of hydrogen-bond acceptors (Lipinski definition) is 3. The highest BCUT2D eigenvalue weighted by atomic mass is 15.4. The first kappa shape index (κ1) is 8.87. The highest BCUT2D eigenvalue weighted by Gasteiger charge is 2.22. The van der Waals surface area contributed by atoms with E-state index in [0.717, 1.165) is 6.42 Å². The van der Waals surface area contributed by atoms with Crippen LogP contribution in [0.25, 0.3) is 0 Å². The quantitative estimate of drug-likeness (QED) is 0.703. The molecule has 1 atom stereocenters. The van der Waals surface area contributed by atoms with Crippen molar-refractivity contribution >= 4 is 12.1 Å². The van der Waals surface area contributed by atoms with Gasteiger partial charge in [-0.05, 0) is 12.1 Å². The van der Waals surface area contributed by atoms with E-state index in [9.17, 15) is 0 Å². The third kappa shape index (κ3) is 1.64. The summed E-state index contributed by atoms with van der Waals surface area (Å²) in [6, 6.07) is 4.20. The standard InChI is InChI=1S/C10H13N4/c1-8(9-2-5-12-6-3-9)14-7-4-10(11)13-14/h2-3,5-8H,4H2,1H3,(H2,11,13)/q+1. The molecule has 0 amide bonds. The van der Waals surface area contributed by atoms with Crippen LogP contribution in [0.1, 0.15) is 24.9 Å². The highest BCUT2D eigenvalue weighted by molar-refractivity contribution is 5.92. The van der Waals surface area contributed by atoms with Gasteiger partial charge in [-0.2, -0.15) is 0 Å². The average Bonchev–Trinajstić information content (AvgIpc) is 2.65. The van der Waals surface area contributed by atoms with E-state index in [1.807, 2.05) is 23.0 Å². The lowest BCUT2D eigenvalue weighted by Crippen LogP contribution is -2.10. The average molecular weight is 189 g/mol. The summed E-state index contributed by atoms with van der Waals surface area (Å²) in [6.07, 6.45) is 6.32. The van der Waals surface area contributed by atoms with Crippen molar-refractivity contribution in [2.45, 2.75) is 19.4 Å². The molecule has 4 heteroatoms. The van der Waals surface area contributed by atoms with Gasteiger partial charge in [-0.25, -0.2) is 0 Å². The molecule has 2 N–H and O–H groups in total. The Morgan fingerprint density at radius 3 is 2.71 bits per heavy atom. The Morgan fingerprint density at radius 1 is 1.43 bits per heavy atom. The number of hydrazone groups is 1. The normalized spacial score (nSPS) is 17.5. The van der Waals surface area contributed by atoms with Crippen LogP contribution in [0.2, 0.25) is 0 Å². The van der Waals surface area contributed by atoms with Gasteiger partial charge in [0.15, 0.2) is 12.1 Å². The van der Waals surface area contributed by atoms with Gasteiger partial charge in [-0.15, -0.1) is 0 Å². The molecule has 1 aliphatic rings. The Bertz CT molecular complexity index is 380.